The van der Waals surface area contributed by atoms with Gasteiger partial charge in [-0.25, -0.2) is 0 Å². The molecule has 1 saturated heterocycles. The molecule has 2 rings (SSSR count). The molecule has 0 radical (unpaired) electrons. The number of hydrogen-bond donors (Lipinski definition) is 0. The summed E-state index contributed by atoms with van der Waals surface area (Å²) in [5.74, 6) is -0.447. The number of alkyl halides is 3. The Balaban J connectivity index is 2.32. The predicted octanol–water partition coefficient (Wildman–Crippen LogP) is 3.42. The van der Waals surface area contributed by atoms with Crippen molar-refractivity contribution in [2.45, 2.75) is 31.7 Å². The monoisotopic (exact) mass is 274 g/mol. The van der Waals surface area contributed by atoms with Crippen molar-refractivity contribution in [3.05, 3.63) is 29.3 Å². The normalized spacial score (nSPS) is 20.1. The molecule has 0 bridgehead atoms. The van der Waals surface area contributed by atoms with Crippen LogP contribution in [-0.2, 0) is 10.9 Å². The molecule has 19 heavy (non-hydrogen) atoms. The van der Waals surface area contributed by atoms with Crippen molar-refractivity contribution >= 4 is 6.29 Å². The highest BCUT2D eigenvalue weighted by molar-refractivity contribution is 5.80. The first-order chi connectivity index (χ1) is 9.02. The second-order valence-electron chi connectivity index (χ2n) is 4.25. The average molecular weight is 274 g/mol. The van der Waals surface area contributed by atoms with E-state index in [1.165, 1.54) is 12.1 Å². The van der Waals surface area contributed by atoms with Crippen molar-refractivity contribution in [2.75, 3.05) is 6.61 Å². The van der Waals surface area contributed by atoms with E-state index in [9.17, 15) is 18.0 Å². The summed E-state index contributed by atoms with van der Waals surface area (Å²) < 4.78 is 49.2. The van der Waals surface area contributed by atoms with Crippen molar-refractivity contribution in [1.29, 1.82) is 0 Å². The maximum atomic E-state index is 12.9. The molecule has 1 aromatic rings. The topological polar surface area (TPSA) is 35.5 Å². The van der Waals surface area contributed by atoms with Crippen LogP contribution in [0.4, 0.5) is 13.2 Å². The molecule has 3 nitrogen and oxygen atoms in total. The molecule has 0 aliphatic carbocycles. The van der Waals surface area contributed by atoms with Gasteiger partial charge in [0.25, 0.3) is 0 Å². The first-order valence-electron chi connectivity index (χ1n) is 5.96. The van der Waals surface area contributed by atoms with Crippen molar-refractivity contribution in [1.82, 2.24) is 0 Å². The van der Waals surface area contributed by atoms with Gasteiger partial charge in [0, 0.05) is 6.42 Å². The molecule has 1 aromatic carbocycles. The lowest BCUT2D eigenvalue weighted by Crippen LogP contribution is -2.26. The van der Waals surface area contributed by atoms with Crippen LogP contribution in [0.25, 0.3) is 0 Å². The molecule has 1 unspecified atom stereocenters. The molecule has 6 heteroatoms. The smallest absolute Gasteiger partial charge is 0.419 e. The van der Waals surface area contributed by atoms with Crippen molar-refractivity contribution < 1.29 is 27.4 Å². The Morgan fingerprint density at radius 1 is 1.32 bits per heavy atom. The zero-order chi connectivity index (χ0) is 13.9. The van der Waals surface area contributed by atoms with Gasteiger partial charge in [-0.1, -0.05) is 6.07 Å². The van der Waals surface area contributed by atoms with E-state index in [-0.39, 0.29) is 5.56 Å². The van der Waals surface area contributed by atoms with E-state index in [0.29, 0.717) is 19.3 Å². The summed E-state index contributed by atoms with van der Waals surface area (Å²) in [5.41, 5.74) is -1.07. The highest BCUT2D eigenvalue weighted by atomic mass is 19.4. The number of carbonyl (C=O) groups excluding carboxylic acids is 1. The van der Waals surface area contributed by atoms with E-state index in [2.05, 4.69) is 0 Å². The van der Waals surface area contributed by atoms with Crippen LogP contribution < -0.4 is 4.74 Å². The lowest BCUT2D eigenvalue weighted by atomic mass is 10.1. The van der Waals surface area contributed by atoms with Crippen LogP contribution in [0.3, 0.4) is 0 Å². The minimum absolute atomic E-state index is 0.121. The molecule has 0 aromatic heterocycles. The van der Waals surface area contributed by atoms with Gasteiger partial charge >= 0.3 is 6.18 Å². The molecule has 1 fully saturated rings. The zero-order valence-corrected chi connectivity index (χ0v) is 10.1. The second kappa shape index (κ2) is 5.61. The van der Waals surface area contributed by atoms with Crippen LogP contribution in [-0.4, -0.2) is 19.2 Å². The van der Waals surface area contributed by atoms with E-state index in [1.807, 2.05) is 0 Å². The van der Waals surface area contributed by atoms with E-state index >= 15 is 0 Å². The molecule has 0 amide bonds. The fourth-order valence-electron chi connectivity index (χ4n) is 1.94. The average Bonchev–Trinajstić information content (AvgIpc) is 2.39. The molecular formula is C13H13F3O3. The first kappa shape index (κ1) is 13.9. The van der Waals surface area contributed by atoms with Gasteiger partial charge in [0.1, 0.15) is 5.75 Å². The summed E-state index contributed by atoms with van der Waals surface area (Å²) in [6.45, 7) is 0.454. The lowest BCUT2D eigenvalue weighted by molar-refractivity contribution is -0.145. The molecular weight excluding hydrogens is 261 g/mol. The van der Waals surface area contributed by atoms with Crippen molar-refractivity contribution in [2.24, 2.45) is 0 Å². The van der Waals surface area contributed by atoms with Gasteiger partial charge < -0.3 is 9.47 Å². The molecule has 0 N–H and O–H groups in total. The number of rotatable bonds is 3. The number of para-hydroxylation sites is 1. The van der Waals surface area contributed by atoms with Crippen LogP contribution >= 0.6 is 0 Å². The van der Waals surface area contributed by atoms with Crippen LogP contribution in [0, 0.1) is 0 Å². The van der Waals surface area contributed by atoms with Crippen molar-refractivity contribution in [3.8, 4) is 5.75 Å². The van der Waals surface area contributed by atoms with Gasteiger partial charge in [-0.3, -0.25) is 4.79 Å². The first-order valence-corrected chi connectivity index (χ1v) is 5.96. The zero-order valence-electron chi connectivity index (χ0n) is 10.1. The quantitative estimate of drug-likeness (QED) is 0.792. The Hall–Kier alpha value is -1.56. The Morgan fingerprint density at radius 3 is 2.68 bits per heavy atom. The minimum Gasteiger partial charge on any atom is -0.464 e. The lowest BCUT2D eigenvalue weighted by Gasteiger charge is -2.25. The standard InChI is InChI=1S/C13H13F3O3/c14-13(15,16)10-5-3-4-9(8-17)12(10)19-11-6-1-2-7-18-11/h3-5,8,11H,1-2,6-7H2. The fourth-order valence-corrected chi connectivity index (χ4v) is 1.94. The maximum Gasteiger partial charge on any atom is 0.419 e. The third kappa shape index (κ3) is 3.26. The van der Waals surface area contributed by atoms with Crippen LogP contribution in [0.15, 0.2) is 18.2 Å². The van der Waals surface area contributed by atoms with Crippen molar-refractivity contribution in [3.63, 3.8) is 0 Å². The second-order valence-corrected chi connectivity index (χ2v) is 4.25. The summed E-state index contributed by atoms with van der Waals surface area (Å²) in [6.07, 6.45) is -2.73. The van der Waals surface area contributed by atoms with Gasteiger partial charge in [-0.05, 0) is 25.0 Å². The summed E-state index contributed by atoms with van der Waals surface area (Å²) >= 11 is 0. The van der Waals surface area contributed by atoms with Gasteiger partial charge in [0.05, 0.1) is 17.7 Å². The van der Waals surface area contributed by atoms with E-state index in [1.54, 1.807) is 0 Å². The minimum atomic E-state index is -4.57. The maximum absolute atomic E-state index is 12.9. The van der Waals surface area contributed by atoms with E-state index in [0.717, 1.165) is 18.9 Å². The van der Waals surface area contributed by atoms with E-state index < -0.39 is 23.8 Å². The highest BCUT2D eigenvalue weighted by Gasteiger charge is 2.36. The highest BCUT2D eigenvalue weighted by Crippen LogP contribution is 2.38. The Kier molecular flexibility index (Phi) is 4.09. The predicted molar refractivity (Wildman–Crippen MR) is 61.1 cm³/mol. The van der Waals surface area contributed by atoms with Crippen LogP contribution in [0.2, 0.25) is 0 Å². The van der Waals surface area contributed by atoms with Gasteiger partial charge in [0.2, 0.25) is 0 Å². The Bertz CT molecular complexity index is 451. The van der Waals surface area contributed by atoms with Gasteiger partial charge in [-0.2, -0.15) is 13.2 Å². The molecule has 1 aliphatic rings. The molecule has 0 saturated carbocycles. The molecule has 0 spiro atoms. The third-order valence-corrected chi connectivity index (χ3v) is 2.87. The Labute approximate surface area is 108 Å². The summed E-state index contributed by atoms with van der Waals surface area (Å²) in [7, 11) is 0. The molecule has 1 aliphatic heterocycles. The SMILES string of the molecule is O=Cc1cccc(C(F)(F)F)c1OC1CCCCO1. The molecule has 1 heterocycles. The summed E-state index contributed by atoms with van der Waals surface area (Å²) in [5, 5.41) is 0. The third-order valence-electron chi connectivity index (χ3n) is 2.87. The molecule has 1 atom stereocenters. The fraction of sp³-hybridized carbons (Fsp3) is 0.462. The summed E-state index contributed by atoms with van der Waals surface area (Å²) in [4.78, 5) is 10.9. The van der Waals surface area contributed by atoms with Gasteiger partial charge in [-0.15, -0.1) is 0 Å². The number of ether oxygens (including phenoxy) is 2. The van der Waals surface area contributed by atoms with Crippen LogP contribution in [0.1, 0.15) is 35.2 Å². The summed E-state index contributed by atoms with van der Waals surface area (Å²) in [6, 6.07) is 3.37. The van der Waals surface area contributed by atoms with Crippen LogP contribution in [0.5, 0.6) is 5.75 Å². The number of aldehydes is 1. The van der Waals surface area contributed by atoms with Gasteiger partial charge in [0.15, 0.2) is 12.6 Å². The number of halogens is 3. The molecule has 104 valence electrons. The number of hydrogen-bond acceptors (Lipinski definition) is 3. The van der Waals surface area contributed by atoms with E-state index in [4.69, 9.17) is 9.47 Å². The largest absolute Gasteiger partial charge is 0.464 e. The number of benzene rings is 1. The Morgan fingerprint density at radius 2 is 2.11 bits per heavy atom. The number of carbonyl (C=O) groups is 1.